The number of rotatable bonds is 1. The standard InChI is InChI=1S/C15H17BrN2O2S/c1-15(2)8-18(5-6-20-15)14(19)13-12(17)10-4-3-9(16)7-11(10)21-13/h3-4,7H,5-6,8,17H2,1-2H3. The lowest BCUT2D eigenvalue weighted by atomic mass is 10.1. The Balaban J connectivity index is 1.96. The maximum atomic E-state index is 12.8. The van der Waals surface area contributed by atoms with Crippen LogP contribution in [0.25, 0.3) is 10.1 Å². The highest BCUT2D eigenvalue weighted by Gasteiger charge is 2.32. The van der Waals surface area contributed by atoms with Gasteiger partial charge in [-0.1, -0.05) is 22.0 Å². The number of amides is 1. The lowest BCUT2D eigenvalue weighted by molar-refractivity contribution is -0.0762. The summed E-state index contributed by atoms with van der Waals surface area (Å²) < 4.78 is 7.67. The lowest BCUT2D eigenvalue weighted by Gasteiger charge is -2.38. The summed E-state index contributed by atoms with van der Waals surface area (Å²) in [7, 11) is 0. The van der Waals surface area contributed by atoms with Crippen LogP contribution in [0.2, 0.25) is 0 Å². The van der Waals surface area contributed by atoms with Crippen molar-refractivity contribution in [3.63, 3.8) is 0 Å². The number of nitrogens with two attached hydrogens (primary N) is 1. The Morgan fingerprint density at radius 2 is 2.24 bits per heavy atom. The maximum absolute atomic E-state index is 12.8. The van der Waals surface area contributed by atoms with Crippen molar-refractivity contribution in [2.24, 2.45) is 0 Å². The van der Waals surface area contributed by atoms with Crippen molar-refractivity contribution in [3.05, 3.63) is 27.5 Å². The van der Waals surface area contributed by atoms with Crippen LogP contribution in [-0.2, 0) is 4.74 Å². The first-order valence-corrected chi connectivity index (χ1v) is 8.39. The minimum Gasteiger partial charge on any atom is -0.397 e. The number of anilines is 1. The van der Waals surface area contributed by atoms with Gasteiger partial charge in [-0.25, -0.2) is 0 Å². The van der Waals surface area contributed by atoms with Gasteiger partial charge >= 0.3 is 0 Å². The summed E-state index contributed by atoms with van der Waals surface area (Å²) in [6, 6.07) is 5.89. The Hall–Kier alpha value is -1.11. The van der Waals surface area contributed by atoms with E-state index in [9.17, 15) is 4.79 Å². The van der Waals surface area contributed by atoms with E-state index < -0.39 is 0 Å². The van der Waals surface area contributed by atoms with E-state index in [0.717, 1.165) is 14.6 Å². The van der Waals surface area contributed by atoms with E-state index in [4.69, 9.17) is 10.5 Å². The number of morpholine rings is 1. The zero-order valence-corrected chi connectivity index (χ0v) is 14.4. The van der Waals surface area contributed by atoms with Gasteiger partial charge in [-0.2, -0.15) is 0 Å². The number of carbonyl (C=O) groups excluding carboxylic acids is 1. The molecule has 0 radical (unpaired) electrons. The van der Waals surface area contributed by atoms with Crippen LogP contribution >= 0.6 is 27.3 Å². The van der Waals surface area contributed by atoms with E-state index in [0.29, 0.717) is 30.3 Å². The summed E-state index contributed by atoms with van der Waals surface area (Å²) >= 11 is 4.90. The van der Waals surface area contributed by atoms with Crippen LogP contribution in [0.4, 0.5) is 5.69 Å². The van der Waals surface area contributed by atoms with Gasteiger partial charge < -0.3 is 15.4 Å². The molecule has 1 aromatic carbocycles. The van der Waals surface area contributed by atoms with E-state index in [1.807, 2.05) is 36.9 Å². The van der Waals surface area contributed by atoms with Crippen LogP contribution in [-0.4, -0.2) is 36.1 Å². The molecule has 2 aromatic rings. The largest absolute Gasteiger partial charge is 0.397 e. The number of fused-ring (bicyclic) bond motifs is 1. The van der Waals surface area contributed by atoms with Crippen LogP contribution in [0, 0.1) is 0 Å². The first kappa shape index (κ1) is 14.8. The smallest absolute Gasteiger partial charge is 0.266 e. The summed E-state index contributed by atoms with van der Waals surface area (Å²) in [6.45, 7) is 5.76. The molecule has 1 amide bonds. The third kappa shape index (κ3) is 2.80. The van der Waals surface area contributed by atoms with Crippen molar-refractivity contribution < 1.29 is 9.53 Å². The number of halogens is 1. The topological polar surface area (TPSA) is 55.6 Å². The van der Waals surface area contributed by atoms with Gasteiger partial charge in [-0.3, -0.25) is 4.79 Å². The van der Waals surface area contributed by atoms with Crippen molar-refractivity contribution in [3.8, 4) is 0 Å². The Bertz CT molecular complexity index is 711. The fraction of sp³-hybridized carbons (Fsp3) is 0.400. The molecule has 1 aliphatic rings. The first-order valence-electron chi connectivity index (χ1n) is 6.78. The average molecular weight is 369 g/mol. The molecule has 0 bridgehead atoms. The summed E-state index contributed by atoms with van der Waals surface area (Å²) in [6.07, 6.45) is 0. The van der Waals surface area contributed by atoms with E-state index >= 15 is 0 Å². The van der Waals surface area contributed by atoms with Crippen molar-refractivity contribution in [1.82, 2.24) is 4.90 Å². The van der Waals surface area contributed by atoms with E-state index in [2.05, 4.69) is 15.9 Å². The molecule has 0 spiro atoms. The lowest BCUT2D eigenvalue weighted by Crippen LogP contribution is -2.50. The molecule has 6 heteroatoms. The molecule has 21 heavy (non-hydrogen) atoms. The van der Waals surface area contributed by atoms with Crippen molar-refractivity contribution in [1.29, 1.82) is 0 Å². The van der Waals surface area contributed by atoms with Crippen molar-refractivity contribution in [2.45, 2.75) is 19.4 Å². The van der Waals surface area contributed by atoms with Crippen LogP contribution < -0.4 is 5.73 Å². The van der Waals surface area contributed by atoms with Gasteiger partial charge in [0.15, 0.2) is 0 Å². The Morgan fingerprint density at radius 3 is 2.95 bits per heavy atom. The molecule has 0 atom stereocenters. The molecule has 1 aromatic heterocycles. The first-order chi connectivity index (χ1) is 9.87. The summed E-state index contributed by atoms with van der Waals surface area (Å²) in [5.41, 5.74) is 6.46. The molecule has 4 nitrogen and oxygen atoms in total. The van der Waals surface area contributed by atoms with E-state index in [-0.39, 0.29) is 11.5 Å². The zero-order chi connectivity index (χ0) is 15.2. The van der Waals surface area contributed by atoms with E-state index in [1.54, 1.807) is 0 Å². The third-order valence-electron chi connectivity index (χ3n) is 3.60. The normalized spacial score (nSPS) is 18.1. The number of nitrogen functional groups attached to an aromatic ring is 1. The highest BCUT2D eigenvalue weighted by molar-refractivity contribution is 9.10. The van der Waals surface area contributed by atoms with Gasteiger partial charge in [-0.15, -0.1) is 11.3 Å². The average Bonchev–Trinajstić information content (AvgIpc) is 2.73. The highest BCUT2D eigenvalue weighted by Crippen LogP contribution is 2.36. The minimum absolute atomic E-state index is 0.00111. The molecule has 1 saturated heterocycles. The number of nitrogens with zero attached hydrogens (tertiary/aromatic N) is 1. The number of ether oxygens (including phenoxy) is 1. The van der Waals surface area contributed by atoms with Gasteiger partial charge in [0.05, 0.1) is 17.9 Å². The Labute approximate surface area is 136 Å². The predicted octanol–water partition coefficient (Wildman–Crippen LogP) is 3.50. The fourth-order valence-corrected chi connectivity index (χ4v) is 4.23. The molecular weight excluding hydrogens is 352 g/mol. The number of hydrogen-bond acceptors (Lipinski definition) is 4. The number of carbonyl (C=O) groups is 1. The van der Waals surface area contributed by atoms with Crippen LogP contribution in [0.15, 0.2) is 22.7 Å². The minimum atomic E-state index is -0.303. The second kappa shape index (κ2) is 5.26. The molecule has 112 valence electrons. The number of hydrogen-bond donors (Lipinski definition) is 1. The fourth-order valence-electron chi connectivity index (χ4n) is 2.58. The molecule has 0 unspecified atom stereocenters. The zero-order valence-electron chi connectivity index (χ0n) is 12.0. The summed E-state index contributed by atoms with van der Waals surface area (Å²) in [5, 5.41) is 0.944. The monoisotopic (exact) mass is 368 g/mol. The molecule has 1 aliphatic heterocycles. The molecule has 2 N–H and O–H groups in total. The van der Waals surface area contributed by atoms with Gasteiger partial charge in [0.2, 0.25) is 0 Å². The van der Waals surface area contributed by atoms with Crippen LogP contribution in [0.1, 0.15) is 23.5 Å². The molecule has 1 fully saturated rings. The molecular formula is C15H17BrN2O2S. The molecule has 0 saturated carbocycles. The number of benzene rings is 1. The van der Waals surface area contributed by atoms with Gasteiger partial charge in [0, 0.05) is 27.6 Å². The molecule has 2 heterocycles. The second-order valence-corrected chi connectivity index (χ2v) is 7.79. The maximum Gasteiger partial charge on any atom is 0.266 e. The summed E-state index contributed by atoms with van der Waals surface area (Å²) in [5.74, 6) is 0.00111. The molecule has 3 rings (SSSR count). The van der Waals surface area contributed by atoms with Gasteiger partial charge in [0.25, 0.3) is 5.91 Å². The number of thiophene rings is 1. The van der Waals surface area contributed by atoms with Crippen LogP contribution in [0.5, 0.6) is 0 Å². The quantitative estimate of drug-likeness (QED) is 0.837. The highest BCUT2D eigenvalue weighted by atomic mass is 79.9. The van der Waals surface area contributed by atoms with Gasteiger partial charge in [-0.05, 0) is 26.0 Å². The van der Waals surface area contributed by atoms with E-state index in [1.165, 1.54) is 11.3 Å². The van der Waals surface area contributed by atoms with Crippen molar-refractivity contribution in [2.75, 3.05) is 25.4 Å². The third-order valence-corrected chi connectivity index (χ3v) is 5.25. The second-order valence-electron chi connectivity index (χ2n) is 5.82. The summed E-state index contributed by atoms with van der Waals surface area (Å²) in [4.78, 5) is 15.2. The van der Waals surface area contributed by atoms with Crippen LogP contribution in [0.3, 0.4) is 0 Å². The Kier molecular flexibility index (Phi) is 3.71. The predicted molar refractivity (Wildman–Crippen MR) is 89.9 cm³/mol. The SMILES string of the molecule is CC1(C)CN(C(=O)c2sc3cc(Br)ccc3c2N)CCO1. The molecule has 0 aliphatic carbocycles. The van der Waals surface area contributed by atoms with Gasteiger partial charge in [0.1, 0.15) is 4.88 Å². The Morgan fingerprint density at radius 1 is 1.48 bits per heavy atom. The van der Waals surface area contributed by atoms with Crippen molar-refractivity contribution >= 4 is 48.9 Å².